The number of amides is 1. The van der Waals surface area contributed by atoms with Gasteiger partial charge in [0.05, 0.1) is 11.3 Å². The van der Waals surface area contributed by atoms with Crippen molar-refractivity contribution in [2.24, 2.45) is 5.41 Å². The molecule has 0 heterocycles. The van der Waals surface area contributed by atoms with E-state index in [1.807, 2.05) is 24.3 Å². The number of carboxylic acid groups (broad SMARTS) is 1. The number of carboxylic acids is 1. The van der Waals surface area contributed by atoms with Crippen LogP contribution < -0.4 is 5.32 Å². The van der Waals surface area contributed by atoms with Gasteiger partial charge in [-0.2, -0.15) is 0 Å². The molecule has 1 amide bonds. The van der Waals surface area contributed by atoms with Crippen LogP contribution in [0.15, 0.2) is 24.3 Å². The fraction of sp³-hybridized carbons (Fsp3) is 0.467. The average Bonchev–Trinajstić information content (AvgIpc) is 2.30. The Kier molecular flexibility index (Phi) is 3.60. The van der Waals surface area contributed by atoms with Crippen molar-refractivity contribution in [2.75, 3.05) is 6.54 Å². The molecule has 0 aromatic heterocycles. The van der Waals surface area contributed by atoms with E-state index >= 15 is 0 Å². The predicted octanol–water partition coefficient (Wildman–Crippen LogP) is 1.94. The van der Waals surface area contributed by atoms with E-state index < -0.39 is 11.4 Å². The molecule has 2 rings (SSSR count). The summed E-state index contributed by atoms with van der Waals surface area (Å²) in [7, 11) is 0. The van der Waals surface area contributed by atoms with Gasteiger partial charge in [0.25, 0.3) is 0 Å². The van der Waals surface area contributed by atoms with Crippen LogP contribution in [0.1, 0.15) is 37.3 Å². The first-order valence-corrected chi connectivity index (χ1v) is 6.51. The lowest BCUT2D eigenvalue weighted by Crippen LogP contribution is -2.38. The third-order valence-corrected chi connectivity index (χ3v) is 3.80. The minimum absolute atomic E-state index is 0.000103. The van der Waals surface area contributed by atoms with E-state index in [-0.39, 0.29) is 11.8 Å². The second-order valence-corrected chi connectivity index (χ2v) is 5.69. The van der Waals surface area contributed by atoms with Crippen molar-refractivity contribution in [3.8, 4) is 0 Å². The largest absolute Gasteiger partial charge is 0.481 e. The number of hydrogen-bond acceptors (Lipinski definition) is 2. The second-order valence-electron chi connectivity index (χ2n) is 5.69. The third-order valence-electron chi connectivity index (χ3n) is 3.80. The van der Waals surface area contributed by atoms with Crippen LogP contribution in [-0.2, 0) is 16.0 Å². The summed E-state index contributed by atoms with van der Waals surface area (Å²) in [6.07, 6.45) is 1.22. The molecule has 1 unspecified atom stereocenters. The molecule has 4 nitrogen and oxygen atoms in total. The molecule has 0 radical (unpaired) electrons. The number of carbonyl (C=O) groups excluding carboxylic acids is 1. The highest BCUT2D eigenvalue weighted by Crippen LogP contribution is 2.34. The summed E-state index contributed by atoms with van der Waals surface area (Å²) < 4.78 is 0. The first-order valence-electron chi connectivity index (χ1n) is 6.51. The first-order chi connectivity index (χ1) is 8.92. The number of rotatable bonds is 5. The maximum atomic E-state index is 12.0. The van der Waals surface area contributed by atoms with Crippen LogP contribution >= 0.6 is 0 Å². The highest BCUT2D eigenvalue weighted by atomic mass is 16.4. The molecular formula is C15H19NO3. The molecule has 102 valence electrons. The lowest BCUT2D eigenvalue weighted by atomic mass is 9.77. The third kappa shape index (κ3) is 2.78. The van der Waals surface area contributed by atoms with Gasteiger partial charge in [-0.3, -0.25) is 9.59 Å². The molecule has 0 saturated carbocycles. The van der Waals surface area contributed by atoms with E-state index in [2.05, 4.69) is 5.32 Å². The molecule has 19 heavy (non-hydrogen) atoms. The van der Waals surface area contributed by atoms with Gasteiger partial charge in [0.1, 0.15) is 0 Å². The molecule has 1 aromatic rings. The summed E-state index contributed by atoms with van der Waals surface area (Å²) in [5, 5.41) is 11.8. The Balaban J connectivity index is 1.83. The van der Waals surface area contributed by atoms with E-state index in [4.69, 9.17) is 5.11 Å². The minimum atomic E-state index is -0.837. The normalized spacial score (nSPS) is 17.3. The number of fused-ring (bicyclic) bond motifs is 1. The van der Waals surface area contributed by atoms with Crippen LogP contribution in [0, 0.1) is 5.41 Å². The van der Waals surface area contributed by atoms with Crippen molar-refractivity contribution in [3.05, 3.63) is 35.4 Å². The summed E-state index contributed by atoms with van der Waals surface area (Å²) in [4.78, 5) is 22.9. The van der Waals surface area contributed by atoms with E-state index in [1.165, 1.54) is 5.56 Å². The zero-order chi connectivity index (χ0) is 14.0. The SMILES string of the molecule is CC(C)(CCNC(=O)C1Cc2ccccc21)C(=O)O. The smallest absolute Gasteiger partial charge is 0.309 e. The zero-order valence-corrected chi connectivity index (χ0v) is 11.3. The molecule has 1 aromatic carbocycles. The Morgan fingerprint density at radius 2 is 2.05 bits per heavy atom. The van der Waals surface area contributed by atoms with Crippen molar-refractivity contribution < 1.29 is 14.7 Å². The van der Waals surface area contributed by atoms with Gasteiger partial charge >= 0.3 is 5.97 Å². The lowest BCUT2D eigenvalue weighted by Gasteiger charge is -2.29. The van der Waals surface area contributed by atoms with Crippen molar-refractivity contribution in [3.63, 3.8) is 0 Å². The molecule has 0 aliphatic heterocycles. The van der Waals surface area contributed by atoms with Gasteiger partial charge < -0.3 is 10.4 Å². The summed E-state index contributed by atoms with van der Waals surface area (Å²) in [5.41, 5.74) is 1.52. The lowest BCUT2D eigenvalue weighted by molar-refractivity contribution is -0.147. The Morgan fingerprint density at radius 3 is 2.68 bits per heavy atom. The van der Waals surface area contributed by atoms with Crippen molar-refractivity contribution in [2.45, 2.75) is 32.6 Å². The monoisotopic (exact) mass is 261 g/mol. The summed E-state index contributed by atoms with van der Waals surface area (Å²) in [5.74, 6) is -0.903. The fourth-order valence-corrected chi connectivity index (χ4v) is 2.22. The first kappa shape index (κ1) is 13.6. The molecular weight excluding hydrogens is 242 g/mol. The highest BCUT2D eigenvalue weighted by molar-refractivity contribution is 5.86. The van der Waals surface area contributed by atoms with E-state index in [0.717, 1.165) is 12.0 Å². The van der Waals surface area contributed by atoms with Crippen molar-refractivity contribution in [1.29, 1.82) is 0 Å². The van der Waals surface area contributed by atoms with Gasteiger partial charge in [0, 0.05) is 6.54 Å². The standard InChI is InChI=1S/C15H19NO3/c1-15(2,14(18)19)7-8-16-13(17)12-9-10-5-3-4-6-11(10)12/h3-6,12H,7-9H2,1-2H3,(H,16,17)(H,18,19). The number of hydrogen-bond donors (Lipinski definition) is 2. The molecule has 4 heteroatoms. The molecule has 1 aliphatic carbocycles. The van der Waals surface area contributed by atoms with E-state index in [1.54, 1.807) is 13.8 Å². The van der Waals surface area contributed by atoms with Crippen LogP contribution in [0.25, 0.3) is 0 Å². The highest BCUT2D eigenvalue weighted by Gasteiger charge is 2.32. The quantitative estimate of drug-likeness (QED) is 0.851. The Bertz CT molecular complexity index is 508. The summed E-state index contributed by atoms with van der Waals surface area (Å²) in [6, 6.07) is 7.92. The van der Waals surface area contributed by atoms with Crippen LogP contribution in [0.4, 0.5) is 0 Å². The van der Waals surface area contributed by atoms with Crippen LogP contribution in [0.3, 0.4) is 0 Å². The van der Waals surface area contributed by atoms with Crippen LogP contribution in [0.5, 0.6) is 0 Å². The second kappa shape index (κ2) is 5.03. The van der Waals surface area contributed by atoms with Gasteiger partial charge in [-0.05, 0) is 37.8 Å². The molecule has 0 spiro atoms. The van der Waals surface area contributed by atoms with Gasteiger partial charge in [-0.15, -0.1) is 0 Å². The maximum absolute atomic E-state index is 12.0. The van der Waals surface area contributed by atoms with Gasteiger partial charge in [0.15, 0.2) is 0 Å². The topological polar surface area (TPSA) is 66.4 Å². The average molecular weight is 261 g/mol. The van der Waals surface area contributed by atoms with E-state index in [0.29, 0.717) is 13.0 Å². The zero-order valence-electron chi connectivity index (χ0n) is 11.3. The van der Waals surface area contributed by atoms with E-state index in [9.17, 15) is 9.59 Å². The summed E-state index contributed by atoms with van der Waals surface area (Å²) >= 11 is 0. The molecule has 0 saturated heterocycles. The minimum Gasteiger partial charge on any atom is -0.481 e. The summed E-state index contributed by atoms with van der Waals surface area (Å²) in [6.45, 7) is 3.73. The van der Waals surface area contributed by atoms with Gasteiger partial charge in [-0.1, -0.05) is 24.3 Å². The Hall–Kier alpha value is -1.84. The van der Waals surface area contributed by atoms with Crippen LogP contribution in [-0.4, -0.2) is 23.5 Å². The Labute approximate surface area is 112 Å². The molecule has 0 bridgehead atoms. The number of carbonyl (C=O) groups is 2. The van der Waals surface area contributed by atoms with Gasteiger partial charge in [-0.25, -0.2) is 0 Å². The fourth-order valence-electron chi connectivity index (χ4n) is 2.22. The molecule has 0 fully saturated rings. The van der Waals surface area contributed by atoms with Gasteiger partial charge in [0.2, 0.25) is 5.91 Å². The number of aliphatic carboxylic acids is 1. The maximum Gasteiger partial charge on any atom is 0.309 e. The van der Waals surface area contributed by atoms with Crippen molar-refractivity contribution >= 4 is 11.9 Å². The predicted molar refractivity (Wildman–Crippen MR) is 71.9 cm³/mol. The number of nitrogens with one attached hydrogen (secondary N) is 1. The Morgan fingerprint density at radius 1 is 1.37 bits per heavy atom. The van der Waals surface area contributed by atoms with Crippen molar-refractivity contribution in [1.82, 2.24) is 5.32 Å². The van der Waals surface area contributed by atoms with Crippen LogP contribution in [0.2, 0.25) is 0 Å². The molecule has 1 atom stereocenters. The molecule has 2 N–H and O–H groups in total. The molecule has 1 aliphatic rings. The number of benzene rings is 1.